The highest BCUT2D eigenvalue weighted by Gasteiger charge is 2.43. The van der Waals surface area contributed by atoms with Crippen LogP contribution in [0.25, 0.3) is 16.7 Å². The van der Waals surface area contributed by atoms with Crippen molar-refractivity contribution in [3.8, 4) is 17.2 Å². The second-order valence-corrected chi connectivity index (χ2v) is 15.5. The van der Waals surface area contributed by atoms with Crippen LogP contribution in [0, 0.1) is 0 Å². The predicted octanol–water partition coefficient (Wildman–Crippen LogP) is 6.02. The van der Waals surface area contributed by atoms with Crippen LogP contribution in [0.3, 0.4) is 0 Å². The van der Waals surface area contributed by atoms with Gasteiger partial charge in [0, 0.05) is 19.0 Å². The number of carboxylic acid groups (broad SMARTS) is 1. The first-order valence-electron chi connectivity index (χ1n) is 12.2. The lowest BCUT2D eigenvalue weighted by Crippen LogP contribution is -2.50. The van der Waals surface area contributed by atoms with Crippen molar-refractivity contribution in [3.63, 3.8) is 0 Å². The van der Waals surface area contributed by atoms with Crippen molar-refractivity contribution >= 4 is 25.4 Å². The van der Waals surface area contributed by atoms with E-state index in [0.717, 1.165) is 12.8 Å². The van der Waals surface area contributed by atoms with Gasteiger partial charge in [-0.25, -0.2) is 14.5 Å². The first kappa shape index (κ1) is 27.7. The summed E-state index contributed by atoms with van der Waals surface area (Å²) < 4.78 is 55.7. The van der Waals surface area contributed by atoms with Gasteiger partial charge in [0.05, 0.1) is 29.4 Å². The molecule has 2 N–H and O–H groups in total. The molecule has 0 bridgehead atoms. The van der Waals surface area contributed by atoms with Gasteiger partial charge in [-0.2, -0.15) is 5.10 Å². The predicted molar refractivity (Wildman–Crippen MR) is 136 cm³/mol. The Bertz CT molecular complexity index is 1300. The van der Waals surface area contributed by atoms with Gasteiger partial charge in [-0.3, -0.25) is 0 Å². The molecule has 0 radical (unpaired) electrons. The highest BCUT2D eigenvalue weighted by molar-refractivity contribution is 6.74. The first-order valence-corrected chi connectivity index (χ1v) is 15.1. The molecular formula is C25H31F3N4O5Si. The highest BCUT2D eigenvalue weighted by Crippen LogP contribution is 2.41. The van der Waals surface area contributed by atoms with E-state index in [1.165, 1.54) is 28.9 Å². The van der Waals surface area contributed by atoms with Crippen LogP contribution in [-0.2, 0) is 11.0 Å². The summed E-state index contributed by atoms with van der Waals surface area (Å²) in [6.07, 6.45) is -2.99. The highest BCUT2D eigenvalue weighted by atomic mass is 28.4. The van der Waals surface area contributed by atoms with Gasteiger partial charge >= 0.3 is 12.5 Å². The number of rotatable bonds is 8. The summed E-state index contributed by atoms with van der Waals surface area (Å²) >= 11 is 0. The van der Waals surface area contributed by atoms with E-state index >= 15 is 0 Å². The fourth-order valence-electron chi connectivity index (χ4n) is 3.92. The van der Waals surface area contributed by atoms with Crippen LogP contribution >= 0.6 is 0 Å². The summed E-state index contributed by atoms with van der Waals surface area (Å²) in [7, 11) is -1.90. The van der Waals surface area contributed by atoms with Crippen molar-refractivity contribution in [2.24, 2.45) is 0 Å². The van der Waals surface area contributed by atoms with Crippen molar-refractivity contribution in [2.75, 3.05) is 0 Å². The molecule has 3 aromatic rings. The van der Waals surface area contributed by atoms with Crippen LogP contribution in [0.15, 0.2) is 36.5 Å². The van der Waals surface area contributed by atoms with E-state index in [1.54, 1.807) is 12.3 Å². The SMILES string of the molecule is CC(C)(C)[Si](C)(C)OC1CC(Oc2ccnc3c2c(CNC(=O)O)nn3-c2ccc(OC(F)(F)F)cc2)C1. The van der Waals surface area contributed by atoms with Crippen LogP contribution in [0.5, 0.6) is 11.5 Å². The number of pyridine rings is 1. The standard InChI is InChI=1S/C25H31F3N4O5Si/c1-24(2,3)38(4,5)37-18-12-17(13-18)35-20-10-11-29-22-21(20)19(14-30-23(33)34)31-32(22)15-6-8-16(9-7-15)36-25(26,27)28/h6-11,17-18,30H,12-14H2,1-5H3,(H,33,34). The van der Waals surface area contributed by atoms with Crippen LogP contribution in [-0.4, -0.2) is 52.9 Å². The van der Waals surface area contributed by atoms with Gasteiger partial charge in [-0.05, 0) is 48.5 Å². The molecule has 1 aromatic carbocycles. The van der Waals surface area contributed by atoms with Crippen LogP contribution in [0.2, 0.25) is 18.1 Å². The molecule has 2 aromatic heterocycles. The summed E-state index contributed by atoms with van der Waals surface area (Å²) in [4.78, 5) is 15.6. The van der Waals surface area contributed by atoms with Crippen LogP contribution in [0.4, 0.5) is 18.0 Å². The Morgan fingerprint density at radius 1 is 1.13 bits per heavy atom. The quantitative estimate of drug-likeness (QED) is 0.329. The average molecular weight is 553 g/mol. The summed E-state index contributed by atoms with van der Waals surface area (Å²) in [6.45, 7) is 10.9. The number of halogens is 3. The minimum absolute atomic E-state index is 0.0854. The van der Waals surface area contributed by atoms with Gasteiger partial charge in [0.2, 0.25) is 0 Å². The molecule has 2 heterocycles. The van der Waals surface area contributed by atoms with Crippen molar-refractivity contribution in [1.82, 2.24) is 20.1 Å². The van der Waals surface area contributed by atoms with E-state index in [9.17, 15) is 18.0 Å². The molecule has 0 saturated heterocycles. The monoisotopic (exact) mass is 552 g/mol. The van der Waals surface area contributed by atoms with Crippen molar-refractivity contribution in [2.45, 2.75) is 76.9 Å². The normalized spacial score (nSPS) is 18.2. The third kappa shape index (κ3) is 6.21. The number of aromatic nitrogens is 3. The summed E-state index contributed by atoms with van der Waals surface area (Å²) in [5.74, 6) is 0.123. The Kier molecular flexibility index (Phi) is 7.36. The number of hydrogen-bond donors (Lipinski definition) is 2. The number of nitrogens with one attached hydrogen (secondary N) is 1. The molecule has 38 heavy (non-hydrogen) atoms. The lowest BCUT2D eigenvalue weighted by atomic mass is 9.92. The molecule has 1 saturated carbocycles. The van der Waals surface area contributed by atoms with Crippen molar-refractivity contribution in [3.05, 3.63) is 42.2 Å². The molecule has 0 aliphatic heterocycles. The van der Waals surface area contributed by atoms with E-state index in [4.69, 9.17) is 14.3 Å². The van der Waals surface area contributed by atoms with E-state index in [1.807, 2.05) is 0 Å². The van der Waals surface area contributed by atoms with E-state index in [-0.39, 0.29) is 29.5 Å². The van der Waals surface area contributed by atoms with E-state index in [0.29, 0.717) is 28.2 Å². The molecule has 0 unspecified atom stereocenters. The Morgan fingerprint density at radius 3 is 2.37 bits per heavy atom. The van der Waals surface area contributed by atoms with Gasteiger partial charge in [0.25, 0.3) is 0 Å². The number of amides is 1. The fraction of sp³-hybridized carbons (Fsp3) is 0.480. The smallest absolute Gasteiger partial charge is 0.489 e. The third-order valence-corrected chi connectivity index (χ3v) is 11.5. The third-order valence-electron chi connectivity index (χ3n) is 6.94. The molecule has 0 atom stereocenters. The summed E-state index contributed by atoms with van der Waals surface area (Å²) in [6, 6.07) is 6.85. The molecule has 4 rings (SSSR count). The largest absolute Gasteiger partial charge is 0.573 e. The lowest BCUT2D eigenvalue weighted by Gasteiger charge is -2.44. The van der Waals surface area contributed by atoms with Crippen LogP contribution in [0.1, 0.15) is 39.3 Å². The van der Waals surface area contributed by atoms with Gasteiger partial charge in [-0.1, -0.05) is 20.8 Å². The minimum Gasteiger partial charge on any atom is -0.489 e. The molecule has 0 spiro atoms. The Labute approximate surface area is 219 Å². The van der Waals surface area contributed by atoms with E-state index in [2.05, 4.69) is 54.0 Å². The number of hydrogen-bond acceptors (Lipinski definition) is 6. The zero-order valence-electron chi connectivity index (χ0n) is 21.8. The maximum atomic E-state index is 12.5. The zero-order valence-corrected chi connectivity index (χ0v) is 22.8. The zero-order chi connectivity index (χ0) is 27.9. The Morgan fingerprint density at radius 2 is 1.79 bits per heavy atom. The van der Waals surface area contributed by atoms with Crippen molar-refractivity contribution in [1.29, 1.82) is 0 Å². The fourth-order valence-corrected chi connectivity index (χ4v) is 5.30. The van der Waals surface area contributed by atoms with Crippen LogP contribution < -0.4 is 14.8 Å². The maximum absolute atomic E-state index is 12.5. The first-order chi connectivity index (χ1) is 17.6. The summed E-state index contributed by atoms with van der Waals surface area (Å²) in [5, 5.41) is 16.6. The van der Waals surface area contributed by atoms with E-state index < -0.39 is 20.8 Å². The number of nitrogens with zero attached hydrogens (tertiary/aromatic N) is 3. The molecule has 1 amide bonds. The molecular weight excluding hydrogens is 521 g/mol. The second-order valence-electron chi connectivity index (χ2n) is 10.8. The van der Waals surface area contributed by atoms with Gasteiger partial charge in [0.15, 0.2) is 14.0 Å². The maximum Gasteiger partial charge on any atom is 0.573 e. The molecule has 1 aliphatic carbocycles. The lowest BCUT2D eigenvalue weighted by molar-refractivity contribution is -0.274. The van der Waals surface area contributed by atoms with Crippen molar-refractivity contribution < 1.29 is 37.0 Å². The number of fused-ring (bicyclic) bond motifs is 1. The average Bonchev–Trinajstić information content (AvgIpc) is 3.14. The number of benzene rings is 1. The molecule has 1 fully saturated rings. The topological polar surface area (TPSA) is 108 Å². The van der Waals surface area contributed by atoms with Gasteiger partial charge < -0.3 is 24.3 Å². The molecule has 13 heteroatoms. The Balaban J connectivity index is 1.59. The summed E-state index contributed by atoms with van der Waals surface area (Å²) in [5.41, 5.74) is 1.17. The van der Waals surface area contributed by atoms with Gasteiger partial charge in [0.1, 0.15) is 17.6 Å². The number of alkyl halides is 3. The minimum atomic E-state index is -4.81. The molecule has 206 valence electrons. The molecule has 9 nitrogen and oxygen atoms in total. The molecule has 1 aliphatic rings. The number of carbonyl (C=O) groups is 1. The van der Waals surface area contributed by atoms with Gasteiger partial charge in [-0.15, -0.1) is 13.2 Å². The number of ether oxygens (including phenoxy) is 2. The Hall–Kier alpha value is -3.32. The second kappa shape index (κ2) is 10.1.